The highest BCUT2D eigenvalue weighted by Crippen LogP contribution is 2.28. The SMILES string of the molecule is O=C(Nc1cc[n+]([O-])cc1)c1cc(C(=O)c2c(Cl)ccc(Cl)c2F)c[nH]1. The highest BCUT2D eigenvalue weighted by atomic mass is 35.5. The van der Waals surface area contributed by atoms with Crippen LogP contribution in [0.25, 0.3) is 0 Å². The largest absolute Gasteiger partial charge is 0.619 e. The van der Waals surface area contributed by atoms with E-state index in [4.69, 9.17) is 23.2 Å². The van der Waals surface area contributed by atoms with Crippen molar-refractivity contribution in [3.05, 3.63) is 86.8 Å². The summed E-state index contributed by atoms with van der Waals surface area (Å²) in [6.07, 6.45) is 3.72. The Morgan fingerprint density at radius 3 is 2.46 bits per heavy atom. The van der Waals surface area contributed by atoms with Crippen LogP contribution in [-0.2, 0) is 0 Å². The first kappa shape index (κ1) is 17.9. The summed E-state index contributed by atoms with van der Waals surface area (Å²) >= 11 is 11.6. The van der Waals surface area contributed by atoms with Gasteiger partial charge in [0.1, 0.15) is 5.69 Å². The fraction of sp³-hybridized carbons (Fsp3) is 0. The number of carbonyl (C=O) groups excluding carboxylic acids is 2. The Morgan fingerprint density at radius 1 is 1.12 bits per heavy atom. The van der Waals surface area contributed by atoms with Gasteiger partial charge < -0.3 is 15.5 Å². The Bertz CT molecular complexity index is 1000. The highest BCUT2D eigenvalue weighted by molar-refractivity contribution is 6.37. The molecule has 9 heteroatoms. The quantitative estimate of drug-likeness (QED) is 0.307. The summed E-state index contributed by atoms with van der Waals surface area (Å²) in [5, 5.41) is 13.2. The van der Waals surface area contributed by atoms with Crippen LogP contribution in [0, 0.1) is 11.0 Å². The molecule has 0 bridgehead atoms. The molecule has 0 spiro atoms. The van der Waals surface area contributed by atoms with Gasteiger partial charge in [0.15, 0.2) is 24.0 Å². The van der Waals surface area contributed by atoms with Gasteiger partial charge in [-0.2, -0.15) is 4.73 Å². The number of nitrogens with zero attached hydrogens (tertiary/aromatic N) is 1. The minimum atomic E-state index is -0.924. The number of amides is 1. The van der Waals surface area contributed by atoms with Crippen molar-refractivity contribution in [2.24, 2.45) is 0 Å². The second kappa shape index (κ2) is 7.15. The van der Waals surface area contributed by atoms with E-state index in [1.54, 1.807) is 0 Å². The number of halogens is 3. The van der Waals surface area contributed by atoms with Crippen LogP contribution in [0.4, 0.5) is 10.1 Å². The number of anilines is 1. The van der Waals surface area contributed by atoms with Gasteiger partial charge in [0.05, 0.1) is 21.3 Å². The van der Waals surface area contributed by atoms with E-state index in [1.165, 1.54) is 48.9 Å². The van der Waals surface area contributed by atoms with E-state index in [0.29, 0.717) is 10.4 Å². The lowest BCUT2D eigenvalue weighted by Crippen LogP contribution is -2.24. The summed E-state index contributed by atoms with van der Waals surface area (Å²) in [4.78, 5) is 27.3. The number of ketones is 1. The monoisotopic (exact) mass is 393 g/mol. The first-order valence-corrected chi connectivity index (χ1v) is 7.99. The van der Waals surface area contributed by atoms with Gasteiger partial charge in [0.2, 0.25) is 0 Å². The second-order valence-corrected chi connectivity index (χ2v) is 6.06. The number of rotatable bonds is 4. The zero-order valence-corrected chi connectivity index (χ0v) is 14.4. The van der Waals surface area contributed by atoms with E-state index >= 15 is 0 Å². The summed E-state index contributed by atoms with van der Waals surface area (Å²) in [7, 11) is 0. The van der Waals surface area contributed by atoms with Crippen LogP contribution in [0.3, 0.4) is 0 Å². The average molecular weight is 394 g/mol. The van der Waals surface area contributed by atoms with Crippen molar-refractivity contribution in [1.82, 2.24) is 4.98 Å². The van der Waals surface area contributed by atoms with E-state index in [-0.39, 0.29) is 26.9 Å². The molecule has 6 nitrogen and oxygen atoms in total. The van der Waals surface area contributed by atoms with Crippen LogP contribution in [0.2, 0.25) is 10.0 Å². The zero-order valence-electron chi connectivity index (χ0n) is 12.9. The second-order valence-electron chi connectivity index (χ2n) is 5.25. The van der Waals surface area contributed by atoms with Gasteiger partial charge in [-0.1, -0.05) is 23.2 Å². The fourth-order valence-electron chi connectivity index (χ4n) is 2.23. The Kier molecular flexibility index (Phi) is 4.92. The summed E-state index contributed by atoms with van der Waals surface area (Å²) in [6, 6.07) is 6.67. The molecule has 0 saturated carbocycles. The Hall–Kier alpha value is -2.90. The van der Waals surface area contributed by atoms with E-state index in [1.807, 2.05) is 0 Å². The molecule has 2 aromatic heterocycles. The minimum absolute atomic E-state index is 0.0451. The van der Waals surface area contributed by atoms with E-state index in [2.05, 4.69) is 10.3 Å². The third-order valence-electron chi connectivity index (χ3n) is 3.52. The van der Waals surface area contributed by atoms with E-state index < -0.39 is 17.5 Å². The molecule has 0 fully saturated rings. The van der Waals surface area contributed by atoms with Crippen LogP contribution < -0.4 is 10.0 Å². The van der Waals surface area contributed by atoms with Crippen molar-refractivity contribution >= 4 is 40.6 Å². The normalized spacial score (nSPS) is 10.6. The first-order valence-electron chi connectivity index (χ1n) is 7.23. The third-order valence-corrected chi connectivity index (χ3v) is 4.13. The number of aromatic amines is 1. The Labute approximate surface area is 156 Å². The lowest BCUT2D eigenvalue weighted by atomic mass is 10.0. The molecule has 0 atom stereocenters. The first-order chi connectivity index (χ1) is 12.4. The van der Waals surface area contributed by atoms with Crippen LogP contribution >= 0.6 is 23.2 Å². The molecule has 2 heterocycles. The molecule has 3 aromatic rings. The molecule has 0 aliphatic carbocycles. The molecule has 0 aliphatic rings. The smallest absolute Gasteiger partial charge is 0.272 e. The minimum Gasteiger partial charge on any atom is -0.619 e. The molecule has 1 amide bonds. The van der Waals surface area contributed by atoms with Crippen molar-refractivity contribution < 1.29 is 18.7 Å². The molecule has 0 unspecified atom stereocenters. The summed E-state index contributed by atoms with van der Waals surface area (Å²) < 4.78 is 14.7. The Balaban J connectivity index is 1.83. The number of pyridine rings is 1. The molecular weight excluding hydrogens is 384 g/mol. The summed E-state index contributed by atoms with van der Waals surface area (Å²) in [5.41, 5.74) is 0.149. The lowest BCUT2D eigenvalue weighted by molar-refractivity contribution is -0.605. The molecule has 2 N–H and O–H groups in total. The van der Waals surface area contributed by atoms with Gasteiger partial charge in [-0.25, -0.2) is 4.39 Å². The molecule has 1 aromatic carbocycles. The number of benzene rings is 1. The van der Waals surface area contributed by atoms with Crippen molar-refractivity contribution in [2.45, 2.75) is 0 Å². The molecule has 132 valence electrons. The maximum absolute atomic E-state index is 14.1. The number of carbonyl (C=O) groups is 2. The lowest BCUT2D eigenvalue weighted by Gasteiger charge is -2.05. The van der Waals surface area contributed by atoms with E-state index in [0.717, 1.165) is 0 Å². The van der Waals surface area contributed by atoms with Crippen LogP contribution in [-0.4, -0.2) is 16.7 Å². The molecule has 3 rings (SSSR count). The van der Waals surface area contributed by atoms with Gasteiger partial charge >= 0.3 is 0 Å². The van der Waals surface area contributed by atoms with Gasteiger partial charge in [0, 0.05) is 23.9 Å². The predicted octanol–water partition coefficient (Wildman–Crippen LogP) is 3.58. The van der Waals surface area contributed by atoms with Gasteiger partial charge in [-0.15, -0.1) is 0 Å². The molecule has 0 radical (unpaired) electrons. The van der Waals surface area contributed by atoms with Crippen molar-refractivity contribution in [3.8, 4) is 0 Å². The maximum atomic E-state index is 14.1. The number of aromatic nitrogens is 2. The Morgan fingerprint density at radius 2 is 1.77 bits per heavy atom. The predicted molar refractivity (Wildman–Crippen MR) is 94.0 cm³/mol. The third kappa shape index (κ3) is 3.54. The summed E-state index contributed by atoms with van der Waals surface area (Å²) in [5.74, 6) is -2.17. The number of nitrogens with one attached hydrogen (secondary N) is 2. The van der Waals surface area contributed by atoms with Gasteiger partial charge in [-0.3, -0.25) is 9.59 Å². The van der Waals surface area contributed by atoms with Crippen LogP contribution in [0.1, 0.15) is 26.4 Å². The molecule has 0 saturated heterocycles. The van der Waals surface area contributed by atoms with Crippen molar-refractivity contribution in [1.29, 1.82) is 0 Å². The summed E-state index contributed by atoms with van der Waals surface area (Å²) in [6.45, 7) is 0. The number of H-pyrrole nitrogens is 1. The average Bonchev–Trinajstić information content (AvgIpc) is 3.11. The standard InChI is InChI=1S/C17H10Cl2FN3O3/c18-11-1-2-12(19)15(20)14(11)16(24)9-7-13(21-8-9)17(25)22-10-3-5-23(26)6-4-10/h1-8,21H,(H,22,25). The molecule has 26 heavy (non-hydrogen) atoms. The van der Waals surface area contributed by atoms with Gasteiger partial charge in [-0.05, 0) is 18.2 Å². The number of hydrogen-bond donors (Lipinski definition) is 2. The maximum Gasteiger partial charge on any atom is 0.272 e. The number of hydrogen-bond acceptors (Lipinski definition) is 3. The van der Waals surface area contributed by atoms with Crippen molar-refractivity contribution in [2.75, 3.05) is 5.32 Å². The molecular formula is C17H10Cl2FN3O3. The topological polar surface area (TPSA) is 88.9 Å². The fourth-order valence-corrected chi connectivity index (χ4v) is 2.62. The highest BCUT2D eigenvalue weighted by Gasteiger charge is 2.22. The molecule has 0 aliphatic heterocycles. The van der Waals surface area contributed by atoms with E-state index in [9.17, 15) is 19.2 Å². The van der Waals surface area contributed by atoms with Crippen LogP contribution in [0.5, 0.6) is 0 Å². The zero-order chi connectivity index (χ0) is 18.8. The van der Waals surface area contributed by atoms with Crippen LogP contribution in [0.15, 0.2) is 48.9 Å². The van der Waals surface area contributed by atoms with Crippen molar-refractivity contribution in [3.63, 3.8) is 0 Å². The van der Waals surface area contributed by atoms with Gasteiger partial charge in [0.25, 0.3) is 5.91 Å².